The van der Waals surface area contributed by atoms with Crippen molar-refractivity contribution in [3.63, 3.8) is 0 Å². The van der Waals surface area contributed by atoms with Gasteiger partial charge >= 0.3 is 10.1 Å². The number of rotatable bonds is 2. The van der Waals surface area contributed by atoms with Crippen LogP contribution >= 0.6 is 0 Å². The lowest BCUT2D eigenvalue weighted by Crippen LogP contribution is -2.13. The fourth-order valence-corrected chi connectivity index (χ4v) is 1.86. The van der Waals surface area contributed by atoms with Crippen molar-refractivity contribution < 1.29 is 27.2 Å². The van der Waals surface area contributed by atoms with Crippen molar-refractivity contribution in [2.45, 2.75) is 0 Å². The van der Waals surface area contributed by atoms with E-state index in [2.05, 4.69) is 4.18 Å². The van der Waals surface area contributed by atoms with Crippen LogP contribution in [0.4, 0.5) is 0 Å². The molecule has 0 fully saturated rings. The molecule has 0 radical (unpaired) electrons. The van der Waals surface area contributed by atoms with E-state index < -0.39 is 27.0 Å². The first-order chi connectivity index (χ1) is 8.28. The molecule has 2 rings (SSSR count). The van der Waals surface area contributed by atoms with Gasteiger partial charge in [-0.2, -0.15) is 8.42 Å². The summed E-state index contributed by atoms with van der Waals surface area (Å²) < 4.78 is 31.2. The Morgan fingerprint density at radius 2 is 1.94 bits per heavy atom. The molecule has 1 aromatic heterocycles. The minimum atomic E-state index is -3.88. The lowest BCUT2D eigenvalue weighted by molar-refractivity contribution is 0.447. The molecule has 0 bridgehead atoms. The van der Waals surface area contributed by atoms with Crippen LogP contribution in [-0.2, 0) is 10.1 Å². The zero-order valence-electron chi connectivity index (χ0n) is 9.08. The van der Waals surface area contributed by atoms with E-state index in [-0.39, 0.29) is 16.7 Å². The zero-order chi connectivity index (χ0) is 13.5. The van der Waals surface area contributed by atoms with Crippen LogP contribution < -0.4 is 9.61 Å². The predicted molar refractivity (Wildman–Crippen MR) is 61.3 cm³/mol. The van der Waals surface area contributed by atoms with Gasteiger partial charge in [-0.3, -0.25) is 4.79 Å². The fourth-order valence-electron chi connectivity index (χ4n) is 1.42. The van der Waals surface area contributed by atoms with Crippen molar-refractivity contribution in [1.29, 1.82) is 0 Å². The molecule has 0 aliphatic heterocycles. The van der Waals surface area contributed by atoms with Gasteiger partial charge in [-0.1, -0.05) is 0 Å². The maximum Gasteiger partial charge on any atom is 0.306 e. The van der Waals surface area contributed by atoms with E-state index in [4.69, 9.17) is 4.42 Å². The molecular weight excluding hydrogens is 264 g/mol. The van der Waals surface area contributed by atoms with Gasteiger partial charge in [0.25, 0.3) is 0 Å². The quantitative estimate of drug-likeness (QED) is 0.767. The minimum Gasteiger partial charge on any atom is -0.508 e. The molecule has 1 heterocycles. The number of benzene rings is 1. The summed E-state index contributed by atoms with van der Waals surface area (Å²) in [5, 5.41) is 18.5. The Bertz CT molecular complexity index is 773. The van der Waals surface area contributed by atoms with Gasteiger partial charge in [0.15, 0.2) is 0 Å². The highest BCUT2D eigenvalue weighted by Gasteiger charge is 2.16. The summed E-state index contributed by atoms with van der Waals surface area (Å²) in [7, 11) is -3.88. The molecule has 0 saturated heterocycles. The SMILES string of the molecule is CS(=O)(=O)Oc1coc2cc(O)cc(O)c2c1=O. The maximum absolute atomic E-state index is 11.8. The number of aromatic hydroxyl groups is 2. The molecule has 1 aromatic carbocycles. The van der Waals surface area contributed by atoms with Gasteiger partial charge in [-0.05, 0) is 0 Å². The zero-order valence-corrected chi connectivity index (χ0v) is 9.89. The molecule has 18 heavy (non-hydrogen) atoms. The average molecular weight is 272 g/mol. The van der Waals surface area contributed by atoms with Crippen molar-refractivity contribution in [2.75, 3.05) is 6.26 Å². The van der Waals surface area contributed by atoms with Crippen LogP contribution in [0, 0.1) is 0 Å². The number of fused-ring (bicyclic) bond motifs is 1. The first-order valence-corrected chi connectivity index (χ1v) is 6.46. The van der Waals surface area contributed by atoms with Crippen LogP contribution in [0.25, 0.3) is 11.0 Å². The van der Waals surface area contributed by atoms with Crippen LogP contribution in [0.2, 0.25) is 0 Å². The Morgan fingerprint density at radius 3 is 2.56 bits per heavy atom. The van der Waals surface area contributed by atoms with E-state index in [1.807, 2.05) is 0 Å². The van der Waals surface area contributed by atoms with Crippen molar-refractivity contribution in [3.05, 3.63) is 28.6 Å². The van der Waals surface area contributed by atoms with E-state index in [0.29, 0.717) is 0 Å². The molecule has 0 amide bonds. The molecule has 0 spiro atoms. The summed E-state index contributed by atoms with van der Waals surface area (Å²) in [6.07, 6.45) is 1.57. The molecule has 96 valence electrons. The van der Waals surface area contributed by atoms with E-state index in [1.54, 1.807) is 0 Å². The highest BCUT2D eigenvalue weighted by molar-refractivity contribution is 7.86. The Balaban J connectivity index is 2.76. The van der Waals surface area contributed by atoms with Crippen molar-refractivity contribution in [1.82, 2.24) is 0 Å². The third-order valence-corrected chi connectivity index (χ3v) is 2.53. The normalized spacial score (nSPS) is 11.6. The van der Waals surface area contributed by atoms with Crippen molar-refractivity contribution >= 4 is 21.1 Å². The summed E-state index contributed by atoms with van der Waals surface area (Å²) in [5.41, 5.74) is -0.933. The summed E-state index contributed by atoms with van der Waals surface area (Å²) in [6.45, 7) is 0. The van der Waals surface area contributed by atoms with Crippen molar-refractivity contribution in [3.8, 4) is 17.2 Å². The molecule has 0 atom stereocenters. The fraction of sp³-hybridized carbons (Fsp3) is 0.100. The molecule has 0 aliphatic rings. The highest BCUT2D eigenvalue weighted by atomic mass is 32.2. The molecule has 2 N–H and O–H groups in total. The van der Waals surface area contributed by atoms with Crippen LogP contribution in [0.15, 0.2) is 27.6 Å². The summed E-state index contributed by atoms with van der Waals surface area (Å²) >= 11 is 0. The maximum atomic E-state index is 11.8. The molecule has 0 unspecified atom stereocenters. The lowest BCUT2D eigenvalue weighted by atomic mass is 10.2. The first-order valence-electron chi connectivity index (χ1n) is 4.65. The molecule has 8 heteroatoms. The third-order valence-electron chi connectivity index (χ3n) is 2.05. The van der Waals surface area contributed by atoms with Gasteiger partial charge in [0.05, 0.1) is 6.26 Å². The number of hydrogen-bond donors (Lipinski definition) is 2. The Morgan fingerprint density at radius 1 is 1.28 bits per heavy atom. The second-order valence-corrected chi connectivity index (χ2v) is 5.13. The summed E-state index contributed by atoms with van der Waals surface area (Å²) in [6, 6.07) is 2.05. The van der Waals surface area contributed by atoms with Gasteiger partial charge in [-0.15, -0.1) is 0 Å². The van der Waals surface area contributed by atoms with Crippen LogP contribution in [0.1, 0.15) is 0 Å². The van der Waals surface area contributed by atoms with Gasteiger partial charge in [-0.25, -0.2) is 0 Å². The third kappa shape index (κ3) is 2.23. The first kappa shape index (κ1) is 12.2. The Labute approximate surface area is 101 Å². The topological polar surface area (TPSA) is 114 Å². The lowest BCUT2D eigenvalue weighted by Gasteiger charge is -2.04. The van der Waals surface area contributed by atoms with Gasteiger partial charge < -0.3 is 18.8 Å². The van der Waals surface area contributed by atoms with Crippen LogP contribution in [0.3, 0.4) is 0 Å². The monoisotopic (exact) mass is 272 g/mol. The molecule has 0 saturated carbocycles. The van der Waals surface area contributed by atoms with Gasteiger partial charge in [0.2, 0.25) is 11.2 Å². The van der Waals surface area contributed by atoms with Gasteiger partial charge in [0, 0.05) is 12.1 Å². The summed E-state index contributed by atoms with van der Waals surface area (Å²) in [5.74, 6) is -1.39. The average Bonchev–Trinajstić information content (AvgIpc) is 2.19. The number of phenols is 2. The Kier molecular flexibility index (Phi) is 2.66. The standard InChI is InChI=1S/C10H8O7S/c1-18(14,15)17-8-4-16-7-3-5(11)2-6(12)9(7)10(8)13/h2-4,11-12H,1H3. The van der Waals surface area contributed by atoms with E-state index >= 15 is 0 Å². The number of hydrogen-bond acceptors (Lipinski definition) is 7. The molecular formula is C10H8O7S. The van der Waals surface area contributed by atoms with Gasteiger partial charge in [0.1, 0.15) is 28.7 Å². The highest BCUT2D eigenvalue weighted by Crippen LogP contribution is 2.28. The smallest absolute Gasteiger partial charge is 0.306 e. The second kappa shape index (κ2) is 3.91. The van der Waals surface area contributed by atoms with E-state index in [9.17, 15) is 23.4 Å². The molecule has 7 nitrogen and oxygen atoms in total. The second-order valence-electron chi connectivity index (χ2n) is 3.55. The van der Waals surface area contributed by atoms with Crippen molar-refractivity contribution in [2.24, 2.45) is 0 Å². The van der Waals surface area contributed by atoms with E-state index in [0.717, 1.165) is 24.7 Å². The molecule has 2 aromatic rings. The molecule has 0 aliphatic carbocycles. The number of phenolic OH excluding ortho intramolecular Hbond substituents is 2. The minimum absolute atomic E-state index is 0.0849. The van der Waals surface area contributed by atoms with E-state index in [1.165, 1.54) is 0 Å². The largest absolute Gasteiger partial charge is 0.508 e. The summed E-state index contributed by atoms with van der Waals surface area (Å²) in [4.78, 5) is 11.8. The predicted octanol–water partition coefficient (Wildman–Crippen LogP) is 0.543. The Hall–Kier alpha value is -2.22. The van der Waals surface area contributed by atoms with Crippen LogP contribution in [0.5, 0.6) is 17.2 Å². The van der Waals surface area contributed by atoms with Crippen LogP contribution in [-0.4, -0.2) is 24.9 Å².